The molecule has 14 heteroatoms. The first-order valence-corrected chi connectivity index (χ1v) is 11.9. The lowest BCUT2D eigenvalue weighted by Crippen LogP contribution is -2.34. The van der Waals surface area contributed by atoms with Crippen LogP contribution in [0.3, 0.4) is 0 Å². The van der Waals surface area contributed by atoms with E-state index in [9.17, 15) is 18.0 Å². The number of carbonyl (C=O) groups excluding carboxylic acids is 2. The van der Waals surface area contributed by atoms with Crippen molar-refractivity contribution in [3.63, 3.8) is 0 Å². The number of methoxy groups -OCH3 is 2. The molecule has 1 aromatic carbocycles. The van der Waals surface area contributed by atoms with Crippen LogP contribution in [0.2, 0.25) is 0 Å². The largest absolute Gasteiger partial charge is 0.481 e. The zero-order valence-corrected chi connectivity index (χ0v) is 20.4. The van der Waals surface area contributed by atoms with Crippen molar-refractivity contribution < 1.29 is 32.2 Å². The molecule has 0 fully saturated rings. The molecule has 0 spiro atoms. The van der Waals surface area contributed by atoms with Crippen LogP contribution in [0, 0.1) is 0 Å². The van der Waals surface area contributed by atoms with Gasteiger partial charge in [0.1, 0.15) is 0 Å². The van der Waals surface area contributed by atoms with E-state index >= 15 is 0 Å². The fourth-order valence-electron chi connectivity index (χ4n) is 2.42. The lowest BCUT2D eigenvalue weighted by atomic mass is 10.3. The molecule has 2 rings (SSSR count). The Hall–Kier alpha value is -3.52. The third-order valence-electron chi connectivity index (χ3n) is 4.01. The molecule has 0 saturated carbocycles. The van der Waals surface area contributed by atoms with Crippen molar-refractivity contribution in [2.24, 2.45) is 0 Å². The number of aromatic nitrogens is 2. The summed E-state index contributed by atoms with van der Waals surface area (Å²) in [5.41, 5.74) is 0.442. The number of esters is 1. The molecule has 0 bridgehead atoms. The number of sulfonamides is 1. The molecule has 1 heterocycles. The first-order chi connectivity index (χ1) is 16.2. The maximum atomic E-state index is 12.7. The van der Waals surface area contributed by atoms with E-state index in [0.29, 0.717) is 18.7 Å². The number of rotatable bonds is 11. The van der Waals surface area contributed by atoms with Crippen LogP contribution in [0.15, 0.2) is 35.2 Å². The third kappa shape index (κ3) is 8.44. The Morgan fingerprint density at radius 1 is 1.06 bits per heavy atom. The number of ether oxygens (including phenoxy) is 3. The molecule has 184 valence electrons. The van der Waals surface area contributed by atoms with Gasteiger partial charge in [-0.3, -0.25) is 14.3 Å². The van der Waals surface area contributed by atoms with E-state index in [0.717, 1.165) is 0 Å². The minimum Gasteiger partial charge on any atom is -0.481 e. The summed E-state index contributed by atoms with van der Waals surface area (Å²) in [6, 6.07) is 6.86. The molecule has 0 aliphatic rings. The number of benzene rings is 1. The van der Waals surface area contributed by atoms with Crippen LogP contribution < -0.4 is 24.8 Å². The number of hydrogen-bond acceptors (Lipinski definition) is 10. The summed E-state index contributed by atoms with van der Waals surface area (Å²) in [6.45, 7) is 2.18. The Morgan fingerprint density at radius 3 is 2.38 bits per heavy atom. The maximum absolute atomic E-state index is 12.7. The number of anilines is 2. The number of amides is 1. The second-order valence-corrected chi connectivity index (χ2v) is 8.73. The van der Waals surface area contributed by atoms with E-state index in [4.69, 9.17) is 26.4 Å². The average molecular weight is 512 g/mol. The van der Waals surface area contributed by atoms with Crippen molar-refractivity contribution in [2.75, 3.05) is 30.9 Å². The SMILES string of the molecule is CCCOC(=O)CCC(=O)NC(=S)Nc1ccc(S(=O)(=O)Nc2cc(OC)nc(OC)n2)cc1. The molecule has 1 aromatic heterocycles. The monoisotopic (exact) mass is 511 g/mol. The standard InChI is InChI=1S/C20H25N5O7S2/c1-4-11-32-18(27)10-9-16(26)23-20(33)21-13-5-7-14(8-6-13)34(28,29)25-15-12-17(30-2)24-19(22-15)31-3/h5-8,12H,4,9-11H2,1-3H3,(H,22,24,25)(H2,21,23,26,33). The molecule has 34 heavy (non-hydrogen) atoms. The highest BCUT2D eigenvalue weighted by molar-refractivity contribution is 7.92. The Bertz CT molecular complexity index is 1100. The first-order valence-electron chi connectivity index (χ1n) is 10.0. The predicted octanol–water partition coefficient (Wildman–Crippen LogP) is 1.84. The van der Waals surface area contributed by atoms with Crippen molar-refractivity contribution >= 4 is 50.7 Å². The van der Waals surface area contributed by atoms with Crippen molar-refractivity contribution in [3.8, 4) is 11.9 Å². The lowest BCUT2D eigenvalue weighted by Gasteiger charge is -2.11. The van der Waals surface area contributed by atoms with Crippen LogP contribution in [0.5, 0.6) is 11.9 Å². The van der Waals surface area contributed by atoms with Gasteiger partial charge in [-0.2, -0.15) is 9.97 Å². The fourth-order valence-corrected chi connectivity index (χ4v) is 3.64. The van der Waals surface area contributed by atoms with Gasteiger partial charge in [0.05, 0.1) is 32.1 Å². The van der Waals surface area contributed by atoms with E-state index in [1.54, 1.807) is 0 Å². The van der Waals surface area contributed by atoms with E-state index in [1.165, 1.54) is 44.6 Å². The van der Waals surface area contributed by atoms with Crippen LogP contribution in [-0.2, 0) is 24.3 Å². The Kier molecular flexibility index (Phi) is 9.94. The van der Waals surface area contributed by atoms with Crippen LogP contribution >= 0.6 is 12.2 Å². The fraction of sp³-hybridized carbons (Fsp3) is 0.350. The van der Waals surface area contributed by atoms with Gasteiger partial charge in [0, 0.05) is 18.2 Å². The molecule has 2 aromatic rings. The summed E-state index contributed by atoms with van der Waals surface area (Å²) in [6.07, 6.45) is 0.566. The third-order valence-corrected chi connectivity index (χ3v) is 5.59. The summed E-state index contributed by atoms with van der Waals surface area (Å²) in [5.74, 6) is -0.823. The number of nitrogens with zero attached hydrogens (tertiary/aromatic N) is 2. The van der Waals surface area contributed by atoms with E-state index in [2.05, 4.69) is 25.3 Å². The highest BCUT2D eigenvalue weighted by Crippen LogP contribution is 2.21. The summed E-state index contributed by atoms with van der Waals surface area (Å²) in [4.78, 5) is 31.1. The molecular weight excluding hydrogens is 486 g/mol. The van der Waals surface area contributed by atoms with Crippen LogP contribution in [-0.4, -0.2) is 56.2 Å². The zero-order valence-electron chi connectivity index (χ0n) is 18.8. The average Bonchev–Trinajstić information content (AvgIpc) is 2.81. The topological polar surface area (TPSA) is 158 Å². The van der Waals surface area contributed by atoms with Gasteiger partial charge >= 0.3 is 12.0 Å². The van der Waals surface area contributed by atoms with Gasteiger partial charge in [-0.05, 0) is 42.9 Å². The first kappa shape index (κ1) is 26.7. The van der Waals surface area contributed by atoms with Gasteiger partial charge in [0.2, 0.25) is 11.8 Å². The van der Waals surface area contributed by atoms with Crippen LogP contribution in [0.4, 0.5) is 11.5 Å². The van der Waals surface area contributed by atoms with Gasteiger partial charge in [-0.15, -0.1) is 0 Å². The molecule has 3 N–H and O–H groups in total. The van der Waals surface area contributed by atoms with Gasteiger partial charge in [0.15, 0.2) is 10.9 Å². The number of nitrogens with one attached hydrogen (secondary N) is 3. The quantitative estimate of drug-likeness (QED) is 0.298. The minimum absolute atomic E-state index is 0.000772. The summed E-state index contributed by atoms with van der Waals surface area (Å²) in [7, 11) is -1.26. The molecular formula is C20H25N5O7S2. The smallest absolute Gasteiger partial charge is 0.321 e. The number of carbonyl (C=O) groups is 2. The summed E-state index contributed by atoms with van der Waals surface area (Å²) >= 11 is 5.07. The highest BCUT2D eigenvalue weighted by Gasteiger charge is 2.17. The molecule has 0 radical (unpaired) electrons. The minimum atomic E-state index is -3.98. The Balaban J connectivity index is 1.94. The Morgan fingerprint density at radius 2 is 1.76 bits per heavy atom. The van der Waals surface area contributed by atoms with E-state index in [1.807, 2.05) is 6.92 Å². The van der Waals surface area contributed by atoms with Gasteiger partial charge in [-0.25, -0.2) is 8.42 Å². The van der Waals surface area contributed by atoms with Crippen molar-refractivity contribution in [2.45, 2.75) is 31.1 Å². The summed E-state index contributed by atoms with van der Waals surface area (Å²) < 4.78 is 42.5. The second kappa shape index (κ2) is 12.6. The zero-order chi connectivity index (χ0) is 25.1. The van der Waals surface area contributed by atoms with Gasteiger partial charge in [0.25, 0.3) is 10.0 Å². The normalized spacial score (nSPS) is 10.7. The van der Waals surface area contributed by atoms with E-state index in [-0.39, 0.29) is 40.6 Å². The predicted molar refractivity (Wildman–Crippen MR) is 127 cm³/mol. The van der Waals surface area contributed by atoms with Crippen LogP contribution in [0.25, 0.3) is 0 Å². The molecule has 12 nitrogen and oxygen atoms in total. The van der Waals surface area contributed by atoms with Crippen molar-refractivity contribution in [3.05, 3.63) is 30.3 Å². The van der Waals surface area contributed by atoms with Crippen molar-refractivity contribution in [1.82, 2.24) is 15.3 Å². The lowest BCUT2D eigenvalue weighted by molar-refractivity contribution is -0.144. The molecule has 0 saturated heterocycles. The Labute approximate surface area is 202 Å². The number of thiocarbonyl (C=S) groups is 1. The molecule has 0 unspecified atom stereocenters. The second-order valence-electron chi connectivity index (χ2n) is 6.63. The van der Waals surface area contributed by atoms with Gasteiger partial charge < -0.3 is 24.8 Å². The number of hydrogen-bond donors (Lipinski definition) is 3. The molecule has 0 atom stereocenters. The summed E-state index contributed by atoms with van der Waals surface area (Å²) in [5, 5.41) is 5.21. The maximum Gasteiger partial charge on any atom is 0.321 e. The molecule has 1 amide bonds. The van der Waals surface area contributed by atoms with E-state index < -0.39 is 21.9 Å². The highest BCUT2D eigenvalue weighted by atomic mass is 32.2. The van der Waals surface area contributed by atoms with Crippen LogP contribution in [0.1, 0.15) is 26.2 Å². The molecule has 0 aliphatic carbocycles. The van der Waals surface area contributed by atoms with Gasteiger partial charge in [-0.1, -0.05) is 6.92 Å². The molecule has 0 aliphatic heterocycles. The van der Waals surface area contributed by atoms with Crippen molar-refractivity contribution in [1.29, 1.82) is 0 Å².